The fraction of sp³-hybridized carbons (Fsp3) is 0.467. The first-order valence-electron chi connectivity index (χ1n) is 6.36. The van der Waals surface area contributed by atoms with Crippen molar-refractivity contribution >= 4 is 23.5 Å². The molecule has 3 heteroatoms. The maximum absolute atomic E-state index is 5.55. The number of hydrogen-bond donors (Lipinski definition) is 0. The van der Waals surface area contributed by atoms with Gasteiger partial charge in [-0.1, -0.05) is 39.8 Å². The van der Waals surface area contributed by atoms with Gasteiger partial charge in [0.15, 0.2) is 11.5 Å². The lowest BCUT2D eigenvalue weighted by atomic mass is 10.2. The van der Waals surface area contributed by atoms with Gasteiger partial charge >= 0.3 is 0 Å². The molecule has 0 N–H and O–H groups in total. The Morgan fingerprint density at radius 3 is 1.72 bits per heavy atom. The molecule has 1 aromatic rings. The largest absolute Gasteiger partial charge is 0.452 e. The van der Waals surface area contributed by atoms with Crippen LogP contribution >= 0.6 is 11.3 Å². The van der Waals surface area contributed by atoms with Crippen LogP contribution < -0.4 is 9.47 Å². The van der Waals surface area contributed by atoms with Crippen LogP contribution in [0.25, 0.3) is 12.2 Å². The van der Waals surface area contributed by atoms with Crippen LogP contribution in [0.5, 0.6) is 11.5 Å². The Morgan fingerprint density at radius 2 is 1.33 bits per heavy atom. The summed E-state index contributed by atoms with van der Waals surface area (Å²) in [5, 5.41) is 0. The molecule has 0 aromatic carbocycles. The smallest absolute Gasteiger partial charge is 0.231 e. The van der Waals surface area contributed by atoms with Crippen LogP contribution in [0.3, 0.4) is 0 Å². The minimum atomic E-state index is 0.337. The summed E-state index contributed by atoms with van der Waals surface area (Å²) in [6.07, 6.45) is 8.64. The normalized spacial score (nSPS) is 14.8. The fourth-order valence-corrected chi connectivity index (χ4v) is 2.65. The first kappa shape index (κ1) is 13.2. The summed E-state index contributed by atoms with van der Waals surface area (Å²) < 4.78 is 11.1. The Kier molecular flexibility index (Phi) is 4.12. The SMILES string of the molecule is CC(C)/C=C/c1sc(/C=C/C(C)C)c2c1OCO2. The van der Waals surface area contributed by atoms with Gasteiger partial charge in [0.25, 0.3) is 0 Å². The van der Waals surface area contributed by atoms with Crippen LogP contribution in [-0.2, 0) is 0 Å². The van der Waals surface area contributed by atoms with Gasteiger partial charge in [0, 0.05) is 0 Å². The van der Waals surface area contributed by atoms with Crippen molar-refractivity contribution in [3.05, 3.63) is 21.9 Å². The first-order valence-corrected chi connectivity index (χ1v) is 7.18. The molecule has 0 saturated carbocycles. The third kappa shape index (κ3) is 2.96. The van der Waals surface area contributed by atoms with Crippen LogP contribution in [0.15, 0.2) is 12.2 Å². The van der Waals surface area contributed by atoms with Gasteiger partial charge in [-0.15, -0.1) is 11.3 Å². The van der Waals surface area contributed by atoms with E-state index in [1.807, 2.05) is 0 Å². The minimum absolute atomic E-state index is 0.337. The van der Waals surface area contributed by atoms with E-state index in [2.05, 4.69) is 52.0 Å². The third-order valence-electron chi connectivity index (χ3n) is 2.55. The molecule has 2 rings (SSSR count). The van der Waals surface area contributed by atoms with Gasteiger partial charge in [-0.2, -0.15) is 0 Å². The Labute approximate surface area is 113 Å². The van der Waals surface area contributed by atoms with Crippen LogP contribution in [0.2, 0.25) is 0 Å². The molecule has 0 amide bonds. The summed E-state index contributed by atoms with van der Waals surface area (Å²) in [6, 6.07) is 0. The molecule has 2 heterocycles. The molecule has 1 aromatic heterocycles. The molecule has 0 spiro atoms. The number of hydrogen-bond acceptors (Lipinski definition) is 3. The second kappa shape index (κ2) is 5.61. The van der Waals surface area contributed by atoms with E-state index in [1.54, 1.807) is 11.3 Å². The molecule has 0 atom stereocenters. The van der Waals surface area contributed by atoms with Gasteiger partial charge in [-0.25, -0.2) is 0 Å². The van der Waals surface area contributed by atoms with Crippen molar-refractivity contribution in [3.63, 3.8) is 0 Å². The van der Waals surface area contributed by atoms with Crippen molar-refractivity contribution in [2.24, 2.45) is 11.8 Å². The Bertz CT molecular complexity index is 427. The van der Waals surface area contributed by atoms with Crippen molar-refractivity contribution in [1.29, 1.82) is 0 Å². The molecule has 0 aliphatic carbocycles. The van der Waals surface area contributed by atoms with Crippen LogP contribution in [0.1, 0.15) is 37.4 Å². The summed E-state index contributed by atoms with van der Waals surface area (Å²) in [6.45, 7) is 9.01. The molecule has 98 valence electrons. The molecule has 2 nitrogen and oxygen atoms in total. The molecule has 0 saturated heterocycles. The predicted molar refractivity (Wildman–Crippen MR) is 78.2 cm³/mol. The highest BCUT2D eigenvalue weighted by Gasteiger charge is 2.23. The van der Waals surface area contributed by atoms with E-state index in [4.69, 9.17) is 9.47 Å². The lowest BCUT2D eigenvalue weighted by Gasteiger charge is -1.96. The minimum Gasteiger partial charge on any atom is -0.452 e. The van der Waals surface area contributed by atoms with Crippen molar-refractivity contribution in [2.45, 2.75) is 27.7 Å². The standard InChI is InChI=1S/C15H20O2S/c1-10(2)5-7-12-14-15(17-9-16-14)13(18-12)8-6-11(3)4/h5-8,10-11H,9H2,1-4H3/b7-5+,8-6+. The average Bonchev–Trinajstić information content (AvgIpc) is 2.85. The summed E-state index contributed by atoms with van der Waals surface area (Å²) in [5.41, 5.74) is 0. The van der Waals surface area contributed by atoms with Gasteiger partial charge in [0.2, 0.25) is 6.79 Å². The van der Waals surface area contributed by atoms with Gasteiger partial charge in [-0.05, 0) is 24.0 Å². The van der Waals surface area contributed by atoms with E-state index < -0.39 is 0 Å². The lowest BCUT2D eigenvalue weighted by molar-refractivity contribution is 0.173. The lowest BCUT2D eigenvalue weighted by Crippen LogP contribution is -1.95. The van der Waals surface area contributed by atoms with E-state index in [-0.39, 0.29) is 0 Å². The van der Waals surface area contributed by atoms with Crippen molar-refractivity contribution in [3.8, 4) is 11.5 Å². The van der Waals surface area contributed by atoms with Crippen LogP contribution in [0.4, 0.5) is 0 Å². The zero-order valence-corrected chi connectivity index (χ0v) is 12.2. The van der Waals surface area contributed by atoms with Crippen molar-refractivity contribution in [2.75, 3.05) is 6.79 Å². The highest BCUT2D eigenvalue weighted by atomic mass is 32.1. The van der Waals surface area contributed by atoms with Gasteiger partial charge < -0.3 is 9.47 Å². The molecule has 0 radical (unpaired) electrons. The fourth-order valence-electron chi connectivity index (χ4n) is 1.63. The molecular weight excluding hydrogens is 244 g/mol. The summed E-state index contributed by atoms with van der Waals surface area (Å²) in [5.74, 6) is 2.89. The summed E-state index contributed by atoms with van der Waals surface area (Å²) in [4.78, 5) is 2.30. The Balaban J connectivity index is 2.30. The van der Waals surface area contributed by atoms with Gasteiger partial charge in [0.1, 0.15) is 0 Å². The maximum atomic E-state index is 5.55. The van der Waals surface area contributed by atoms with E-state index in [9.17, 15) is 0 Å². The van der Waals surface area contributed by atoms with E-state index in [1.165, 1.54) is 0 Å². The highest BCUT2D eigenvalue weighted by Crippen LogP contribution is 2.46. The summed E-state index contributed by atoms with van der Waals surface area (Å²) >= 11 is 1.72. The zero-order valence-electron chi connectivity index (χ0n) is 11.4. The first-order chi connectivity index (χ1) is 8.58. The molecule has 18 heavy (non-hydrogen) atoms. The molecule has 1 aliphatic rings. The van der Waals surface area contributed by atoms with Gasteiger partial charge in [-0.3, -0.25) is 0 Å². The van der Waals surface area contributed by atoms with Crippen LogP contribution in [0, 0.1) is 11.8 Å². The number of fused-ring (bicyclic) bond motifs is 1. The topological polar surface area (TPSA) is 18.5 Å². The molecular formula is C15H20O2S. The summed E-state index contributed by atoms with van der Waals surface area (Å²) in [7, 11) is 0. The average molecular weight is 264 g/mol. The number of ether oxygens (including phenoxy) is 2. The molecule has 0 unspecified atom stereocenters. The molecule has 1 aliphatic heterocycles. The predicted octanol–water partition coefficient (Wildman–Crippen LogP) is 4.82. The monoisotopic (exact) mass is 264 g/mol. The van der Waals surface area contributed by atoms with Crippen molar-refractivity contribution in [1.82, 2.24) is 0 Å². The van der Waals surface area contributed by atoms with E-state index >= 15 is 0 Å². The highest BCUT2D eigenvalue weighted by molar-refractivity contribution is 7.14. The van der Waals surface area contributed by atoms with Crippen LogP contribution in [-0.4, -0.2) is 6.79 Å². The van der Waals surface area contributed by atoms with E-state index in [0.29, 0.717) is 18.6 Å². The third-order valence-corrected chi connectivity index (χ3v) is 3.63. The number of allylic oxidation sites excluding steroid dienone is 2. The van der Waals surface area contributed by atoms with E-state index in [0.717, 1.165) is 21.3 Å². The number of rotatable bonds is 4. The maximum Gasteiger partial charge on any atom is 0.231 e. The second-order valence-corrected chi connectivity index (χ2v) is 6.19. The zero-order chi connectivity index (χ0) is 13.1. The quantitative estimate of drug-likeness (QED) is 0.776. The Hall–Kier alpha value is -1.22. The van der Waals surface area contributed by atoms with Gasteiger partial charge in [0.05, 0.1) is 9.75 Å². The van der Waals surface area contributed by atoms with Crippen molar-refractivity contribution < 1.29 is 9.47 Å². The Morgan fingerprint density at radius 1 is 0.889 bits per heavy atom. The molecule has 0 bridgehead atoms. The second-order valence-electron chi connectivity index (χ2n) is 5.10. The molecule has 0 fully saturated rings. The number of thiophene rings is 1.